The third kappa shape index (κ3) is 5.59. The number of piperidine rings is 1. The maximum atomic E-state index is 11.8. The summed E-state index contributed by atoms with van der Waals surface area (Å²) in [6.45, 7) is 4.80. The van der Waals surface area contributed by atoms with Crippen LogP contribution in [-0.2, 0) is 9.59 Å². The number of rotatable bonds is 7. The Labute approximate surface area is 115 Å². The van der Waals surface area contributed by atoms with Gasteiger partial charge in [-0.05, 0) is 31.7 Å². The normalized spacial score (nSPS) is 22.5. The van der Waals surface area contributed by atoms with Crippen LogP contribution in [0.15, 0.2) is 0 Å². The van der Waals surface area contributed by atoms with Crippen molar-refractivity contribution in [2.75, 3.05) is 6.54 Å². The van der Waals surface area contributed by atoms with E-state index in [2.05, 4.69) is 10.6 Å². The third-order valence-electron chi connectivity index (χ3n) is 3.93. The minimum Gasteiger partial charge on any atom is -0.480 e. The average Bonchev–Trinajstić information content (AvgIpc) is 2.42. The molecule has 1 aliphatic rings. The van der Waals surface area contributed by atoms with Gasteiger partial charge in [-0.3, -0.25) is 4.79 Å². The number of carbonyl (C=O) groups is 2. The number of carbonyl (C=O) groups excluding carboxylic acids is 1. The summed E-state index contributed by atoms with van der Waals surface area (Å²) in [5.41, 5.74) is 0. The van der Waals surface area contributed by atoms with Gasteiger partial charge in [-0.1, -0.05) is 26.7 Å². The second kappa shape index (κ2) is 8.15. The van der Waals surface area contributed by atoms with Crippen molar-refractivity contribution in [2.24, 2.45) is 5.92 Å². The smallest absolute Gasteiger partial charge is 0.326 e. The fraction of sp³-hybridized carbons (Fsp3) is 0.857. The lowest BCUT2D eigenvalue weighted by Gasteiger charge is -2.24. The first-order chi connectivity index (χ1) is 9.04. The van der Waals surface area contributed by atoms with Crippen LogP contribution in [0.2, 0.25) is 0 Å². The molecule has 0 spiro atoms. The van der Waals surface area contributed by atoms with Crippen LogP contribution in [0.3, 0.4) is 0 Å². The predicted octanol–water partition coefficient (Wildman–Crippen LogP) is 1.52. The molecule has 0 aliphatic carbocycles. The fourth-order valence-corrected chi connectivity index (χ4v) is 2.40. The lowest BCUT2D eigenvalue weighted by atomic mass is 9.98. The van der Waals surface area contributed by atoms with Gasteiger partial charge in [-0.2, -0.15) is 0 Å². The number of amides is 1. The van der Waals surface area contributed by atoms with Gasteiger partial charge in [-0.15, -0.1) is 0 Å². The van der Waals surface area contributed by atoms with E-state index in [9.17, 15) is 9.59 Å². The minimum atomic E-state index is -0.946. The maximum absolute atomic E-state index is 11.8. The van der Waals surface area contributed by atoms with Crippen molar-refractivity contribution in [1.29, 1.82) is 0 Å². The summed E-state index contributed by atoms with van der Waals surface area (Å²) in [6, 6.07) is -0.358. The van der Waals surface area contributed by atoms with Crippen molar-refractivity contribution < 1.29 is 14.7 Å². The van der Waals surface area contributed by atoms with Gasteiger partial charge in [0.2, 0.25) is 5.91 Å². The van der Waals surface area contributed by atoms with Crippen LogP contribution < -0.4 is 10.6 Å². The maximum Gasteiger partial charge on any atom is 0.326 e. The quantitative estimate of drug-likeness (QED) is 0.655. The lowest BCUT2D eigenvalue weighted by molar-refractivity contribution is -0.143. The van der Waals surface area contributed by atoms with E-state index >= 15 is 0 Å². The summed E-state index contributed by atoms with van der Waals surface area (Å²) in [4.78, 5) is 22.9. The molecule has 110 valence electrons. The van der Waals surface area contributed by atoms with Gasteiger partial charge in [-0.25, -0.2) is 4.79 Å². The average molecular weight is 270 g/mol. The van der Waals surface area contributed by atoms with Crippen molar-refractivity contribution in [2.45, 2.75) is 64.5 Å². The van der Waals surface area contributed by atoms with Crippen LogP contribution in [-0.4, -0.2) is 35.6 Å². The Morgan fingerprint density at radius 1 is 1.42 bits per heavy atom. The van der Waals surface area contributed by atoms with Crippen LogP contribution in [0.4, 0.5) is 0 Å². The first-order valence-electron chi connectivity index (χ1n) is 7.30. The molecule has 1 aliphatic heterocycles. The number of nitrogens with one attached hydrogen (secondary N) is 2. The molecule has 3 atom stereocenters. The largest absolute Gasteiger partial charge is 0.480 e. The van der Waals surface area contributed by atoms with Crippen LogP contribution in [0.1, 0.15) is 52.4 Å². The molecule has 0 aromatic rings. The molecule has 1 rings (SSSR count). The van der Waals surface area contributed by atoms with E-state index in [1.54, 1.807) is 0 Å². The Bertz CT molecular complexity index is 301. The molecule has 1 fully saturated rings. The molecule has 0 saturated carbocycles. The Hall–Kier alpha value is -1.10. The topological polar surface area (TPSA) is 78.4 Å². The second-order valence-electron chi connectivity index (χ2n) is 5.45. The molecular weight excluding hydrogens is 244 g/mol. The van der Waals surface area contributed by atoms with E-state index in [4.69, 9.17) is 5.11 Å². The summed E-state index contributed by atoms with van der Waals surface area (Å²) in [7, 11) is 0. The minimum absolute atomic E-state index is 0.0470. The first-order valence-corrected chi connectivity index (χ1v) is 7.30. The highest BCUT2D eigenvalue weighted by atomic mass is 16.4. The summed E-state index contributed by atoms with van der Waals surface area (Å²) >= 11 is 0. The fourth-order valence-electron chi connectivity index (χ4n) is 2.40. The van der Waals surface area contributed by atoms with Gasteiger partial charge >= 0.3 is 5.97 Å². The van der Waals surface area contributed by atoms with E-state index in [1.807, 2.05) is 13.8 Å². The Kier molecular flexibility index (Phi) is 6.84. The molecule has 3 unspecified atom stereocenters. The Morgan fingerprint density at radius 2 is 2.16 bits per heavy atom. The molecular formula is C14H26N2O3. The van der Waals surface area contributed by atoms with Gasteiger partial charge < -0.3 is 15.7 Å². The summed E-state index contributed by atoms with van der Waals surface area (Å²) in [5, 5.41) is 15.1. The Morgan fingerprint density at radius 3 is 2.68 bits per heavy atom. The van der Waals surface area contributed by atoms with Gasteiger partial charge in [0.1, 0.15) is 6.04 Å². The molecule has 0 bridgehead atoms. The van der Waals surface area contributed by atoms with Gasteiger partial charge in [0.25, 0.3) is 0 Å². The molecule has 1 amide bonds. The summed E-state index contributed by atoms with van der Waals surface area (Å²) in [6.07, 6.45) is 5.46. The monoisotopic (exact) mass is 270 g/mol. The van der Waals surface area contributed by atoms with Crippen LogP contribution in [0.5, 0.6) is 0 Å². The molecule has 0 radical (unpaired) electrons. The SMILES string of the molecule is CCC(C)C(NC(=O)CCC1CCCCN1)C(=O)O. The van der Waals surface area contributed by atoms with Crippen LogP contribution in [0.25, 0.3) is 0 Å². The van der Waals surface area contributed by atoms with Crippen molar-refractivity contribution in [3.8, 4) is 0 Å². The van der Waals surface area contributed by atoms with Crippen molar-refractivity contribution in [3.63, 3.8) is 0 Å². The number of hydrogen-bond donors (Lipinski definition) is 3. The predicted molar refractivity (Wildman–Crippen MR) is 73.9 cm³/mol. The molecule has 1 saturated heterocycles. The molecule has 5 nitrogen and oxygen atoms in total. The highest BCUT2D eigenvalue weighted by molar-refractivity contribution is 5.83. The van der Waals surface area contributed by atoms with Crippen molar-refractivity contribution >= 4 is 11.9 Å². The highest BCUT2D eigenvalue weighted by Gasteiger charge is 2.25. The number of hydrogen-bond acceptors (Lipinski definition) is 3. The molecule has 1 heterocycles. The van der Waals surface area contributed by atoms with Gasteiger partial charge in [0.15, 0.2) is 0 Å². The van der Waals surface area contributed by atoms with Crippen LogP contribution in [0, 0.1) is 5.92 Å². The lowest BCUT2D eigenvalue weighted by Crippen LogP contribution is -2.45. The first kappa shape index (κ1) is 16.0. The van der Waals surface area contributed by atoms with E-state index in [0.717, 1.165) is 25.8 Å². The third-order valence-corrected chi connectivity index (χ3v) is 3.93. The zero-order valence-corrected chi connectivity index (χ0v) is 11.9. The van der Waals surface area contributed by atoms with E-state index in [0.29, 0.717) is 12.5 Å². The Balaban J connectivity index is 2.33. The number of carboxylic acid groups (broad SMARTS) is 1. The van der Waals surface area contributed by atoms with Crippen LogP contribution >= 0.6 is 0 Å². The molecule has 0 aromatic carbocycles. The number of carboxylic acids is 1. The van der Waals surface area contributed by atoms with E-state index < -0.39 is 12.0 Å². The van der Waals surface area contributed by atoms with E-state index in [-0.39, 0.29) is 11.8 Å². The zero-order valence-electron chi connectivity index (χ0n) is 11.9. The number of aliphatic carboxylic acids is 1. The summed E-state index contributed by atoms with van der Waals surface area (Å²) < 4.78 is 0. The zero-order chi connectivity index (χ0) is 14.3. The van der Waals surface area contributed by atoms with Crippen molar-refractivity contribution in [3.05, 3.63) is 0 Å². The molecule has 3 N–H and O–H groups in total. The second-order valence-corrected chi connectivity index (χ2v) is 5.45. The molecule has 0 aromatic heterocycles. The summed E-state index contributed by atoms with van der Waals surface area (Å²) in [5.74, 6) is -1.15. The van der Waals surface area contributed by atoms with Gasteiger partial charge in [0, 0.05) is 12.5 Å². The standard InChI is InChI=1S/C14H26N2O3/c1-3-10(2)13(14(18)19)16-12(17)8-7-11-6-4-5-9-15-11/h10-11,13,15H,3-9H2,1-2H3,(H,16,17)(H,18,19). The molecule has 19 heavy (non-hydrogen) atoms. The van der Waals surface area contributed by atoms with Gasteiger partial charge in [0.05, 0.1) is 0 Å². The highest BCUT2D eigenvalue weighted by Crippen LogP contribution is 2.12. The van der Waals surface area contributed by atoms with E-state index in [1.165, 1.54) is 12.8 Å². The molecule has 5 heteroatoms. The van der Waals surface area contributed by atoms with Crippen molar-refractivity contribution in [1.82, 2.24) is 10.6 Å².